The molecule has 3 rings (SSSR count). The van der Waals surface area contributed by atoms with E-state index in [2.05, 4.69) is 20.1 Å². The van der Waals surface area contributed by atoms with Crippen molar-refractivity contribution < 1.29 is 5.11 Å². The van der Waals surface area contributed by atoms with Crippen LogP contribution in [0.15, 0.2) is 12.4 Å². The van der Waals surface area contributed by atoms with Crippen molar-refractivity contribution >= 4 is 11.5 Å². The Hall–Kier alpha value is -1.69. The van der Waals surface area contributed by atoms with Crippen LogP contribution in [-0.2, 0) is 0 Å². The largest absolute Gasteiger partial charge is 0.396 e. The molecule has 18 heavy (non-hydrogen) atoms. The zero-order valence-electron chi connectivity index (χ0n) is 10.5. The molecule has 1 N–H and O–H groups in total. The van der Waals surface area contributed by atoms with E-state index in [-0.39, 0.29) is 6.61 Å². The van der Waals surface area contributed by atoms with E-state index in [1.165, 1.54) is 0 Å². The van der Waals surface area contributed by atoms with Gasteiger partial charge in [-0.25, -0.2) is 4.98 Å². The average molecular weight is 247 g/mol. The van der Waals surface area contributed by atoms with Gasteiger partial charge in [0.25, 0.3) is 0 Å². The SMILES string of the molecule is Cc1nnc2c(N3CCC(CO)CC3)nccn12. The normalized spacial score (nSPS) is 17.6. The van der Waals surface area contributed by atoms with Gasteiger partial charge in [-0.2, -0.15) is 0 Å². The second kappa shape index (κ2) is 4.53. The van der Waals surface area contributed by atoms with Crippen LogP contribution in [0.2, 0.25) is 0 Å². The first-order valence-electron chi connectivity index (χ1n) is 6.31. The molecule has 0 atom stereocenters. The lowest BCUT2D eigenvalue weighted by Crippen LogP contribution is -2.35. The Bertz CT molecular complexity index is 544. The van der Waals surface area contributed by atoms with Crippen molar-refractivity contribution in [1.82, 2.24) is 19.6 Å². The number of fused-ring (bicyclic) bond motifs is 1. The summed E-state index contributed by atoms with van der Waals surface area (Å²) in [5, 5.41) is 17.4. The number of aliphatic hydroxyl groups excluding tert-OH is 1. The van der Waals surface area contributed by atoms with Gasteiger partial charge in [-0.05, 0) is 25.7 Å². The minimum absolute atomic E-state index is 0.287. The fourth-order valence-corrected chi connectivity index (χ4v) is 2.48. The molecule has 0 aliphatic carbocycles. The summed E-state index contributed by atoms with van der Waals surface area (Å²) < 4.78 is 1.96. The van der Waals surface area contributed by atoms with Gasteiger partial charge in [0.2, 0.25) is 5.65 Å². The Morgan fingerprint density at radius 2 is 2.11 bits per heavy atom. The Morgan fingerprint density at radius 3 is 2.83 bits per heavy atom. The predicted molar refractivity (Wildman–Crippen MR) is 67.5 cm³/mol. The lowest BCUT2D eigenvalue weighted by molar-refractivity contribution is 0.203. The summed E-state index contributed by atoms with van der Waals surface area (Å²) in [5.41, 5.74) is 0.817. The molecule has 3 heterocycles. The van der Waals surface area contributed by atoms with Crippen LogP contribution in [0.25, 0.3) is 5.65 Å². The first kappa shape index (κ1) is 11.4. The number of hydrogen-bond donors (Lipinski definition) is 1. The third kappa shape index (κ3) is 1.82. The summed E-state index contributed by atoms with van der Waals surface area (Å²) in [6, 6.07) is 0. The average Bonchev–Trinajstić information content (AvgIpc) is 2.81. The molecule has 1 fully saturated rings. The zero-order chi connectivity index (χ0) is 12.5. The van der Waals surface area contributed by atoms with Crippen molar-refractivity contribution in [3.63, 3.8) is 0 Å². The Kier molecular flexibility index (Phi) is 2.87. The molecule has 0 radical (unpaired) electrons. The van der Waals surface area contributed by atoms with Crippen LogP contribution in [0.3, 0.4) is 0 Å². The number of aliphatic hydroxyl groups is 1. The fourth-order valence-electron chi connectivity index (χ4n) is 2.48. The van der Waals surface area contributed by atoms with Crippen molar-refractivity contribution in [3.8, 4) is 0 Å². The second-order valence-corrected chi connectivity index (χ2v) is 4.80. The maximum Gasteiger partial charge on any atom is 0.203 e. The van der Waals surface area contributed by atoms with Crippen LogP contribution in [-0.4, -0.2) is 44.4 Å². The van der Waals surface area contributed by atoms with Gasteiger partial charge in [-0.15, -0.1) is 10.2 Å². The predicted octanol–water partition coefficient (Wildman–Crippen LogP) is 0.641. The fraction of sp³-hybridized carbons (Fsp3) is 0.583. The highest BCUT2D eigenvalue weighted by Crippen LogP contribution is 2.24. The van der Waals surface area contributed by atoms with Gasteiger partial charge in [0.15, 0.2) is 5.82 Å². The quantitative estimate of drug-likeness (QED) is 0.843. The van der Waals surface area contributed by atoms with Crippen molar-refractivity contribution in [2.45, 2.75) is 19.8 Å². The first-order chi connectivity index (χ1) is 8.79. The van der Waals surface area contributed by atoms with E-state index in [4.69, 9.17) is 5.11 Å². The molecule has 6 nitrogen and oxygen atoms in total. The van der Waals surface area contributed by atoms with E-state index in [9.17, 15) is 0 Å². The van der Waals surface area contributed by atoms with Gasteiger partial charge in [0.1, 0.15) is 5.82 Å². The molecule has 0 saturated carbocycles. The molecule has 96 valence electrons. The van der Waals surface area contributed by atoms with Crippen LogP contribution in [0.5, 0.6) is 0 Å². The molecule has 6 heteroatoms. The van der Waals surface area contributed by atoms with E-state index in [0.29, 0.717) is 5.92 Å². The zero-order valence-corrected chi connectivity index (χ0v) is 10.5. The minimum atomic E-state index is 0.287. The molecular weight excluding hydrogens is 230 g/mol. The van der Waals surface area contributed by atoms with Crippen LogP contribution in [0, 0.1) is 12.8 Å². The third-order valence-electron chi connectivity index (χ3n) is 3.65. The van der Waals surface area contributed by atoms with Gasteiger partial charge in [0.05, 0.1) is 0 Å². The molecule has 0 aromatic carbocycles. The van der Waals surface area contributed by atoms with Crippen LogP contribution in [0.4, 0.5) is 5.82 Å². The van der Waals surface area contributed by atoms with Gasteiger partial charge < -0.3 is 10.0 Å². The molecule has 0 bridgehead atoms. The number of hydrogen-bond acceptors (Lipinski definition) is 5. The van der Waals surface area contributed by atoms with Gasteiger partial charge >= 0.3 is 0 Å². The van der Waals surface area contributed by atoms with Crippen LogP contribution < -0.4 is 4.90 Å². The van der Waals surface area contributed by atoms with Crippen molar-refractivity contribution in [2.75, 3.05) is 24.6 Å². The number of anilines is 1. The van der Waals surface area contributed by atoms with Gasteiger partial charge in [-0.3, -0.25) is 4.40 Å². The summed E-state index contributed by atoms with van der Waals surface area (Å²) in [6.07, 6.45) is 5.68. The molecule has 0 amide bonds. The second-order valence-electron chi connectivity index (χ2n) is 4.80. The van der Waals surface area contributed by atoms with Gasteiger partial charge in [0, 0.05) is 32.1 Å². The maximum atomic E-state index is 9.16. The van der Waals surface area contributed by atoms with E-state index in [1.807, 2.05) is 17.5 Å². The van der Waals surface area contributed by atoms with E-state index >= 15 is 0 Å². The van der Waals surface area contributed by atoms with Gasteiger partial charge in [-0.1, -0.05) is 0 Å². The van der Waals surface area contributed by atoms with Crippen molar-refractivity contribution in [1.29, 1.82) is 0 Å². The summed E-state index contributed by atoms with van der Waals surface area (Å²) >= 11 is 0. The van der Waals surface area contributed by atoms with Crippen molar-refractivity contribution in [3.05, 3.63) is 18.2 Å². The van der Waals surface area contributed by atoms with E-state index in [0.717, 1.165) is 43.2 Å². The topological polar surface area (TPSA) is 66.5 Å². The highest BCUT2D eigenvalue weighted by atomic mass is 16.3. The molecule has 1 aliphatic heterocycles. The smallest absolute Gasteiger partial charge is 0.203 e. The Balaban J connectivity index is 1.91. The summed E-state index contributed by atoms with van der Waals surface area (Å²) in [6.45, 7) is 4.06. The molecule has 1 saturated heterocycles. The van der Waals surface area contributed by atoms with E-state index in [1.54, 1.807) is 6.20 Å². The molecule has 0 unspecified atom stereocenters. The molecule has 0 spiro atoms. The van der Waals surface area contributed by atoms with Crippen LogP contribution >= 0.6 is 0 Å². The molecular formula is C12H17N5O. The summed E-state index contributed by atoms with van der Waals surface area (Å²) in [7, 11) is 0. The maximum absolute atomic E-state index is 9.16. The third-order valence-corrected chi connectivity index (χ3v) is 3.65. The lowest BCUT2D eigenvalue weighted by Gasteiger charge is -2.31. The molecule has 1 aliphatic rings. The standard InChI is InChI=1S/C12H17N5O/c1-9-14-15-12-11(13-4-7-17(9)12)16-5-2-10(8-18)3-6-16/h4,7,10,18H,2-3,5-6,8H2,1H3. The number of aryl methyl sites for hydroxylation is 1. The molecule has 2 aromatic heterocycles. The highest BCUT2D eigenvalue weighted by molar-refractivity contribution is 5.63. The van der Waals surface area contributed by atoms with Crippen molar-refractivity contribution in [2.24, 2.45) is 5.92 Å². The molecule has 2 aromatic rings. The Labute approximate surface area is 105 Å². The number of piperidine rings is 1. The first-order valence-corrected chi connectivity index (χ1v) is 6.31. The minimum Gasteiger partial charge on any atom is -0.396 e. The Morgan fingerprint density at radius 1 is 1.33 bits per heavy atom. The lowest BCUT2D eigenvalue weighted by atomic mass is 9.98. The van der Waals surface area contributed by atoms with Crippen LogP contribution in [0.1, 0.15) is 18.7 Å². The summed E-state index contributed by atoms with van der Waals surface area (Å²) in [4.78, 5) is 6.67. The number of rotatable bonds is 2. The van der Waals surface area contributed by atoms with E-state index < -0.39 is 0 Å². The number of nitrogens with zero attached hydrogens (tertiary/aromatic N) is 5. The number of aromatic nitrogens is 4. The summed E-state index contributed by atoms with van der Waals surface area (Å²) in [5.74, 6) is 2.20. The monoisotopic (exact) mass is 247 g/mol. The highest BCUT2D eigenvalue weighted by Gasteiger charge is 2.22.